The number of para-hydroxylation sites is 1. The number of hydrogen-bond donors (Lipinski definition) is 4. The summed E-state index contributed by atoms with van der Waals surface area (Å²) in [7, 11) is 0. The van der Waals surface area contributed by atoms with Crippen LogP contribution in [-0.4, -0.2) is 31.1 Å². The van der Waals surface area contributed by atoms with Crippen LogP contribution in [0.15, 0.2) is 48.5 Å². The lowest BCUT2D eigenvalue weighted by Crippen LogP contribution is -2.34. The Labute approximate surface area is 152 Å². The predicted octanol–water partition coefficient (Wildman–Crippen LogP) is 2.81. The van der Waals surface area contributed by atoms with Crippen LogP contribution in [0.3, 0.4) is 0 Å². The van der Waals surface area contributed by atoms with Crippen LogP contribution in [0, 0.1) is 0 Å². The Morgan fingerprint density at radius 3 is 2.38 bits per heavy atom. The van der Waals surface area contributed by atoms with Crippen LogP contribution in [0.1, 0.15) is 24.2 Å². The van der Waals surface area contributed by atoms with Gasteiger partial charge in [-0.25, -0.2) is 4.79 Å². The monoisotopic (exact) mass is 356 g/mol. The molecule has 0 atom stereocenters. The summed E-state index contributed by atoms with van der Waals surface area (Å²) in [5.41, 5.74) is 6.82. The van der Waals surface area contributed by atoms with Crippen LogP contribution in [-0.2, 0) is 0 Å². The Morgan fingerprint density at radius 1 is 1.04 bits per heavy atom. The Kier molecular flexibility index (Phi) is 6.99. The number of nitrogens with one attached hydrogen (secondary N) is 3. The summed E-state index contributed by atoms with van der Waals surface area (Å²) in [6, 6.07) is 13.5. The average Bonchev–Trinajstić information content (AvgIpc) is 2.60. The van der Waals surface area contributed by atoms with E-state index in [-0.39, 0.29) is 18.0 Å². The quantitative estimate of drug-likeness (QED) is 0.612. The van der Waals surface area contributed by atoms with Gasteiger partial charge in [0.15, 0.2) is 0 Å². The van der Waals surface area contributed by atoms with E-state index < -0.39 is 0 Å². The number of ether oxygens (including phenoxy) is 1. The van der Waals surface area contributed by atoms with Crippen molar-refractivity contribution in [2.75, 3.05) is 23.8 Å². The minimum absolute atomic E-state index is 0.00371. The van der Waals surface area contributed by atoms with Gasteiger partial charge < -0.3 is 26.4 Å². The summed E-state index contributed by atoms with van der Waals surface area (Å²) in [5, 5.41) is 8.23. The fourth-order valence-electron chi connectivity index (χ4n) is 2.22. The van der Waals surface area contributed by atoms with Gasteiger partial charge >= 0.3 is 6.03 Å². The molecule has 0 saturated carbocycles. The Morgan fingerprint density at radius 2 is 1.73 bits per heavy atom. The zero-order chi connectivity index (χ0) is 18.9. The molecule has 0 aliphatic rings. The summed E-state index contributed by atoms with van der Waals surface area (Å²) in [6.07, 6.45) is 0. The van der Waals surface area contributed by atoms with E-state index in [1.165, 1.54) is 0 Å². The Bertz CT molecular complexity index is 745. The lowest BCUT2D eigenvalue weighted by molar-refractivity contribution is 0.102. The molecule has 0 radical (unpaired) electrons. The van der Waals surface area contributed by atoms with E-state index in [4.69, 9.17) is 10.5 Å². The highest BCUT2D eigenvalue weighted by atomic mass is 16.5. The first-order valence-corrected chi connectivity index (χ1v) is 8.40. The fourth-order valence-corrected chi connectivity index (χ4v) is 2.22. The molecule has 26 heavy (non-hydrogen) atoms. The molecule has 0 heterocycles. The number of urea groups is 1. The van der Waals surface area contributed by atoms with Crippen LogP contribution in [0.4, 0.5) is 16.2 Å². The van der Waals surface area contributed by atoms with Crippen molar-refractivity contribution >= 4 is 23.3 Å². The first-order chi connectivity index (χ1) is 12.5. The summed E-state index contributed by atoms with van der Waals surface area (Å²) in [6.45, 7) is 4.59. The van der Waals surface area contributed by atoms with Crippen LogP contribution < -0.4 is 26.4 Å². The van der Waals surface area contributed by atoms with E-state index in [0.29, 0.717) is 35.8 Å². The molecular formula is C19H24N4O3. The van der Waals surface area contributed by atoms with Gasteiger partial charge in [-0.2, -0.15) is 0 Å². The number of hydrogen-bond acceptors (Lipinski definition) is 4. The molecule has 0 saturated heterocycles. The number of carbonyl (C=O) groups is 2. The third kappa shape index (κ3) is 5.78. The molecule has 0 aromatic heterocycles. The number of amides is 3. The fraction of sp³-hybridized carbons (Fsp3) is 0.263. The maximum absolute atomic E-state index is 12.6. The van der Waals surface area contributed by atoms with Gasteiger partial charge in [-0.3, -0.25) is 4.79 Å². The zero-order valence-corrected chi connectivity index (χ0v) is 14.9. The summed E-state index contributed by atoms with van der Waals surface area (Å²) in [5.74, 6) is 0.363. The molecule has 0 aliphatic heterocycles. The van der Waals surface area contributed by atoms with Gasteiger partial charge in [0.2, 0.25) is 0 Å². The topological polar surface area (TPSA) is 105 Å². The molecule has 2 rings (SSSR count). The minimum atomic E-state index is -0.360. The molecule has 7 nitrogen and oxygen atoms in total. The standard InChI is InChI=1S/C19H24N4O3/c1-13(2)21-19(25)23-17-6-4-3-5-16(17)18(24)22-14-7-9-15(10-8-14)26-12-11-20/h3-10,13H,11-12,20H2,1-2H3,(H,22,24)(H2,21,23,25). The SMILES string of the molecule is CC(C)NC(=O)Nc1ccccc1C(=O)Nc1ccc(OCCN)cc1. The second-order valence-electron chi connectivity index (χ2n) is 5.91. The van der Waals surface area contributed by atoms with Crippen molar-refractivity contribution in [1.29, 1.82) is 0 Å². The number of anilines is 2. The van der Waals surface area contributed by atoms with Crippen LogP contribution in [0.2, 0.25) is 0 Å². The van der Waals surface area contributed by atoms with Gasteiger partial charge in [-0.05, 0) is 50.2 Å². The van der Waals surface area contributed by atoms with E-state index in [9.17, 15) is 9.59 Å². The second-order valence-corrected chi connectivity index (χ2v) is 5.91. The third-order valence-corrected chi connectivity index (χ3v) is 3.34. The predicted molar refractivity (Wildman–Crippen MR) is 103 cm³/mol. The summed E-state index contributed by atoms with van der Waals surface area (Å²) >= 11 is 0. The summed E-state index contributed by atoms with van der Waals surface area (Å²) in [4.78, 5) is 24.5. The lowest BCUT2D eigenvalue weighted by Gasteiger charge is -2.14. The normalized spacial score (nSPS) is 10.3. The molecule has 138 valence electrons. The smallest absolute Gasteiger partial charge is 0.319 e. The van der Waals surface area contributed by atoms with Crippen molar-refractivity contribution in [3.8, 4) is 5.75 Å². The van der Waals surface area contributed by atoms with E-state index in [1.54, 1.807) is 48.5 Å². The molecule has 0 aliphatic carbocycles. The van der Waals surface area contributed by atoms with Crippen LogP contribution in [0.5, 0.6) is 5.75 Å². The lowest BCUT2D eigenvalue weighted by atomic mass is 10.1. The average molecular weight is 356 g/mol. The van der Waals surface area contributed by atoms with Gasteiger partial charge in [0, 0.05) is 18.3 Å². The molecule has 2 aromatic rings. The first kappa shape index (κ1) is 19.3. The number of carbonyl (C=O) groups excluding carboxylic acids is 2. The highest BCUT2D eigenvalue weighted by Gasteiger charge is 2.13. The third-order valence-electron chi connectivity index (χ3n) is 3.34. The first-order valence-electron chi connectivity index (χ1n) is 8.40. The number of nitrogens with two attached hydrogens (primary N) is 1. The Balaban J connectivity index is 2.06. The number of benzene rings is 2. The molecule has 0 unspecified atom stereocenters. The Hall–Kier alpha value is -3.06. The highest BCUT2D eigenvalue weighted by Crippen LogP contribution is 2.19. The van der Waals surface area contributed by atoms with E-state index in [2.05, 4.69) is 16.0 Å². The molecule has 2 aromatic carbocycles. The van der Waals surface area contributed by atoms with E-state index in [0.717, 1.165) is 0 Å². The molecular weight excluding hydrogens is 332 g/mol. The van der Waals surface area contributed by atoms with Crippen molar-refractivity contribution in [2.45, 2.75) is 19.9 Å². The van der Waals surface area contributed by atoms with Gasteiger partial charge in [-0.15, -0.1) is 0 Å². The van der Waals surface area contributed by atoms with Crippen molar-refractivity contribution in [1.82, 2.24) is 5.32 Å². The minimum Gasteiger partial charge on any atom is -0.492 e. The second kappa shape index (κ2) is 9.43. The summed E-state index contributed by atoms with van der Waals surface area (Å²) < 4.78 is 5.40. The van der Waals surface area contributed by atoms with Gasteiger partial charge in [-0.1, -0.05) is 12.1 Å². The highest BCUT2D eigenvalue weighted by molar-refractivity contribution is 6.09. The maximum Gasteiger partial charge on any atom is 0.319 e. The zero-order valence-electron chi connectivity index (χ0n) is 14.9. The molecule has 0 fully saturated rings. The van der Waals surface area contributed by atoms with E-state index >= 15 is 0 Å². The number of rotatable bonds is 7. The van der Waals surface area contributed by atoms with Crippen LogP contribution in [0.25, 0.3) is 0 Å². The molecule has 0 spiro atoms. The van der Waals surface area contributed by atoms with Crippen LogP contribution >= 0.6 is 0 Å². The van der Waals surface area contributed by atoms with Crippen molar-refractivity contribution < 1.29 is 14.3 Å². The van der Waals surface area contributed by atoms with Crippen molar-refractivity contribution in [3.05, 3.63) is 54.1 Å². The molecule has 3 amide bonds. The largest absolute Gasteiger partial charge is 0.492 e. The molecule has 7 heteroatoms. The van der Waals surface area contributed by atoms with E-state index in [1.807, 2.05) is 13.8 Å². The van der Waals surface area contributed by atoms with Gasteiger partial charge in [0.1, 0.15) is 12.4 Å². The van der Waals surface area contributed by atoms with Crippen molar-refractivity contribution in [3.63, 3.8) is 0 Å². The van der Waals surface area contributed by atoms with Crippen molar-refractivity contribution in [2.24, 2.45) is 5.73 Å². The molecule has 0 bridgehead atoms. The maximum atomic E-state index is 12.6. The molecule has 5 N–H and O–H groups in total. The van der Waals surface area contributed by atoms with Gasteiger partial charge in [0.25, 0.3) is 5.91 Å². The van der Waals surface area contributed by atoms with Gasteiger partial charge in [0.05, 0.1) is 11.3 Å².